The maximum absolute atomic E-state index is 9.55. The Balaban J connectivity index is 1.99. The zero-order chi connectivity index (χ0) is 15.8. The maximum atomic E-state index is 9.55. The van der Waals surface area contributed by atoms with E-state index in [0.717, 1.165) is 39.2 Å². The van der Waals surface area contributed by atoms with Gasteiger partial charge >= 0.3 is 0 Å². The summed E-state index contributed by atoms with van der Waals surface area (Å²) in [4.78, 5) is 7.98. The third-order valence-electron chi connectivity index (χ3n) is 4.21. The summed E-state index contributed by atoms with van der Waals surface area (Å²) in [6.45, 7) is 0.514. The number of halogens is 1. The van der Waals surface area contributed by atoms with Gasteiger partial charge in [0.05, 0.1) is 18.9 Å². The quantitative estimate of drug-likeness (QED) is 0.730. The summed E-state index contributed by atoms with van der Waals surface area (Å²) in [6, 6.07) is 16.0. The number of nitrogens with zero attached hydrogens (tertiary/aromatic N) is 1. The molecular formula is C19H15ClN2O. The molecule has 23 heavy (non-hydrogen) atoms. The van der Waals surface area contributed by atoms with Gasteiger partial charge in [-0.2, -0.15) is 0 Å². The van der Waals surface area contributed by atoms with Crippen LogP contribution >= 0.6 is 11.6 Å². The molecule has 0 atom stereocenters. The van der Waals surface area contributed by atoms with E-state index in [1.807, 2.05) is 42.6 Å². The Bertz CT molecular complexity index is 897. The number of aliphatic imine (C=N–C) groups is 1. The van der Waals surface area contributed by atoms with Gasteiger partial charge in [-0.1, -0.05) is 48.0 Å². The van der Waals surface area contributed by atoms with Crippen molar-refractivity contribution in [3.8, 4) is 11.1 Å². The summed E-state index contributed by atoms with van der Waals surface area (Å²) in [6.07, 6.45) is 1.94. The Kier molecular flexibility index (Phi) is 3.52. The molecule has 2 N–H and O–H groups in total. The van der Waals surface area contributed by atoms with Gasteiger partial charge in [-0.05, 0) is 17.7 Å². The van der Waals surface area contributed by atoms with E-state index in [9.17, 15) is 5.11 Å². The van der Waals surface area contributed by atoms with Gasteiger partial charge in [-0.25, -0.2) is 0 Å². The minimum absolute atomic E-state index is 0.0194. The normalized spacial score (nSPS) is 13.0. The summed E-state index contributed by atoms with van der Waals surface area (Å²) in [5, 5.41) is 10.2. The van der Waals surface area contributed by atoms with Crippen molar-refractivity contribution in [3.63, 3.8) is 0 Å². The van der Waals surface area contributed by atoms with Gasteiger partial charge < -0.3 is 10.1 Å². The predicted molar refractivity (Wildman–Crippen MR) is 92.9 cm³/mol. The topological polar surface area (TPSA) is 48.4 Å². The number of benzene rings is 2. The van der Waals surface area contributed by atoms with Gasteiger partial charge in [-0.3, -0.25) is 4.99 Å². The third-order valence-corrected chi connectivity index (χ3v) is 4.44. The van der Waals surface area contributed by atoms with Gasteiger partial charge in [0.25, 0.3) is 0 Å². The molecule has 4 heteroatoms. The number of nitrogens with one attached hydrogen (secondary N) is 1. The molecule has 0 bridgehead atoms. The molecule has 1 aromatic heterocycles. The highest BCUT2D eigenvalue weighted by molar-refractivity contribution is 6.31. The third kappa shape index (κ3) is 2.38. The molecular weight excluding hydrogens is 308 g/mol. The van der Waals surface area contributed by atoms with Crippen LogP contribution in [-0.2, 0) is 13.2 Å². The molecule has 1 aliphatic heterocycles. The van der Waals surface area contributed by atoms with Crippen LogP contribution in [-0.4, -0.2) is 15.8 Å². The number of hydrogen-bond donors (Lipinski definition) is 2. The smallest absolute Gasteiger partial charge is 0.0834 e. The minimum Gasteiger partial charge on any atom is -0.390 e. The largest absolute Gasteiger partial charge is 0.390 e. The SMILES string of the molecule is OCc1[nH]cc2c1CN=C(c1ccccc1)c1cc(Cl)ccc1-2. The number of aliphatic hydroxyl groups is 1. The molecule has 1 aliphatic rings. The van der Waals surface area contributed by atoms with Crippen LogP contribution in [0.3, 0.4) is 0 Å². The van der Waals surface area contributed by atoms with Crippen LogP contribution in [0.5, 0.6) is 0 Å². The fourth-order valence-corrected chi connectivity index (χ4v) is 3.26. The molecule has 2 heterocycles. The van der Waals surface area contributed by atoms with E-state index in [1.54, 1.807) is 0 Å². The number of aliphatic hydroxyl groups excluding tert-OH is 1. The number of fused-ring (bicyclic) bond motifs is 3. The second-order valence-electron chi connectivity index (χ2n) is 5.54. The van der Waals surface area contributed by atoms with Crippen LogP contribution in [0.1, 0.15) is 22.4 Å². The van der Waals surface area contributed by atoms with Crippen LogP contribution in [0.25, 0.3) is 11.1 Å². The van der Waals surface area contributed by atoms with Gasteiger partial charge in [-0.15, -0.1) is 0 Å². The summed E-state index contributed by atoms with van der Waals surface area (Å²) in [5.74, 6) is 0. The van der Waals surface area contributed by atoms with Crippen LogP contribution in [0.4, 0.5) is 0 Å². The van der Waals surface area contributed by atoms with Crippen molar-refractivity contribution < 1.29 is 5.11 Å². The molecule has 0 spiro atoms. The van der Waals surface area contributed by atoms with Crippen LogP contribution in [0.15, 0.2) is 59.7 Å². The van der Waals surface area contributed by atoms with E-state index < -0.39 is 0 Å². The molecule has 114 valence electrons. The fraction of sp³-hybridized carbons (Fsp3) is 0.105. The zero-order valence-corrected chi connectivity index (χ0v) is 13.1. The van der Waals surface area contributed by atoms with Gasteiger partial charge in [0, 0.05) is 39.2 Å². The number of aromatic amines is 1. The van der Waals surface area contributed by atoms with Crippen molar-refractivity contribution in [2.45, 2.75) is 13.2 Å². The molecule has 0 radical (unpaired) electrons. The van der Waals surface area contributed by atoms with Crippen molar-refractivity contribution in [2.75, 3.05) is 0 Å². The van der Waals surface area contributed by atoms with Gasteiger partial charge in [0.1, 0.15) is 0 Å². The molecule has 0 unspecified atom stereocenters. The summed E-state index contributed by atoms with van der Waals surface area (Å²) >= 11 is 6.24. The molecule has 0 amide bonds. The van der Waals surface area contributed by atoms with Gasteiger partial charge in [0.2, 0.25) is 0 Å². The van der Waals surface area contributed by atoms with E-state index in [2.05, 4.69) is 17.1 Å². The lowest BCUT2D eigenvalue weighted by Gasteiger charge is -2.10. The molecule has 3 nitrogen and oxygen atoms in total. The number of hydrogen-bond acceptors (Lipinski definition) is 2. The first-order chi connectivity index (χ1) is 11.3. The first-order valence-corrected chi connectivity index (χ1v) is 7.86. The highest BCUT2D eigenvalue weighted by Crippen LogP contribution is 2.35. The average Bonchev–Trinajstić information content (AvgIpc) is 2.92. The Morgan fingerprint density at radius 1 is 1.04 bits per heavy atom. The first-order valence-electron chi connectivity index (χ1n) is 7.48. The number of aromatic nitrogens is 1. The van der Waals surface area contributed by atoms with Crippen molar-refractivity contribution >= 4 is 17.3 Å². The average molecular weight is 323 g/mol. The standard InChI is InChI=1S/C19H15ClN2O/c20-13-6-7-14-15(8-13)19(12-4-2-1-3-5-12)22-10-17-16(14)9-21-18(17)11-23/h1-9,21,23H,10-11H2. The zero-order valence-electron chi connectivity index (χ0n) is 12.4. The highest BCUT2D eigenvalue weighted by Gasteiger charge is 2.21. The van der Waals surface area contributed by atoms with Crippen molar-refractivity contribution in [1.82, 2.24) is 4.98 Å². The molecule has 0 fully saturated rings. The second-order valence-corrected chi connectivity index (χ2v) is 5.97. The molecule has 4 rings (SSSR count). The highest BCUT2D eigenvalue weighted by atomic mass is 35.5. The lowest BCUT2D eigenvalue weighted by molar-refractivity contribution is 0.276. The maximum Gasteiger partial charge on any atom is 0.0834 e. The van der Waals surface area contributed by atoms with Crippen molar-refractivity contribution in [2.24, 2.45) is 4.99 Å². The van der Waals surface area contributed by atoms with Crippen LogP contribution in [0, 0.1) is 0 Å². The van der Waals surface area contributed by atoms with E-state index in [-0.39, 0.29) is 6.61 Å². The monoisotopic (exact) mass is 322 g/mol. The summed E-state index contributed by atoms with van der Waals surface area (Å²) in [5.41, 5.74) is 7.04. The number of H-pyrrole nitrogens is 1. The van der Waals surface area contributed by atoms with E-state index in [1.165, 1.54) is 0 Å². The van der Waals surface area contributed by atoms with E-state index in [4.69, 9.17) is 16.6 Å². The number of rotatable bonds is 2. The fourth-order valence-electron chi connectivity index (χ4n) is 3.09. The van der Waals surface area contributed by atoms with Crippen LogP contribution < -0.4 is 0 Å². The second kappa shape index (κ2) is 5.69. The predicted octanol–water partition coefficient (Wildman–Crippen LogP) is 4.18. The first kappa shape index (κ1) is 14.2. The van der Waals surface area contributed by atoms with Crippen molar-refractivity contribution in [1.29, 1.82) is 0 Å². The Morgan fingerprint density at radius 3 is 2.65 bits per heavy atom. The summed E-state index contributed by atoms with van der Waals surface area (Å²) in [7, 11) is 0. The molecule has 3 aromatic rings. The Labute approximate surface area is 139 Å². The Hall–Kier alpha value is -2.36. The van der Waals surface area contributed by atoms with E-state index in [0.29, 0.717) is 11.6 Å². The summed E-state index contributed by atoms with van der Waals surface area (Å²) < 4.78 is 0. The molecule has 0 saturated carbocycles. The van der Waals surface area contributed by atoms with E-state index >= 15 is 0 Å². The lowest BCUT2D eigenvalue weighted by Crippen LogP contribution is -2.04. The minimum atomic E-state index is -0.0194. The lowest BCUT2D eigenvalue weighted by atomic mass is 9.94. The Morgan fingerprint density at radius 2 is 1.87 bits per heavy atom. The molecule has 2 aromatic carbocycles. The van der Waals surface area contributed by atoms with Crippen molar-refractivity contribution in [3.05, 3.63) is 82.1 Å². The van der Waals surface area contributed by atoms with Crippen LogP contribution in [0.2, 0.25) is 5.02 Å². The van der Waals surface area contributed by atoms with Gasteiger partial charge in [0.15, 0.2) is 0 Å². The molecule has 0 aliphatic carbocycles. The molecule has 0 saturated heterocycles.